The Hall–Kier alpha value is -2.25. The van der Waals surface area contributed by atoms with Crippen LogP contribution < -0.4 is 0 Å². The van der Waals surface area contributed by atoms with Crippen LogP contribution in [-0.2, 0) is 0 Å². The van der Waals surface area contributed by atoms with Crippen molar-refractivity contribution in [3.63, 3.8) is 0 Å². The molecule has 0 bridgehead atoms. The van der Waals surface area contributed by atoms with Gasteiger partial charge in [0, 0.05) is 21.5 Å². The van der Waals surface area contributed by atoms with Crippen LogP contribution in [0.1, 0.15) is 4.11 Å². The fourth-order valence-electron chi connectivity index (χ4n) is 2.59. The van der Waals surface area contributed by atoms with Gasteiger partial charge in [0.15, 0.2) is 0 Å². The molecule has 0 aliphatic heterocycles. The molecule has 0 spiro atoms. The highest BCUT2D eigenvalue weighted by Crippen LogP contribution is 2.33. The Bertz CT molecular complexity index is 1050. The third-order valence-corrected chi connectivity index (χ3v) is 3.60. The van der Waals surface area contributed by atoms with Crippen molar-refractivity contribution in [2.45, 2.75) is 0 Å². The Morgan fingerprint density at radius 2 is 1.55 bits per heavy atom. The van der Waals surface area contributed by atoms with E-state index in [-0.39, 0.29) is 23.1 Å². The topological polar surface area (TPSA) is 4.93 Å². The molecule has 3 aromatic carbocycles. The number of nitrogens with zero attached hydrogens (tertiary/aromatic N) is 1. The molecule has 1 heterocycles. The van der Waals surface area contributed by atoms with Crippen molar-refractivity contribution in [2.75, 3.05) is 0 Å². The van der Waals surface area contributed by atoms with E-state index in [1.807, 2.05) is 59.2 Å². The molecule has 0 unspecified atom stereocenters. The van der Waals surface area contributed by atoms with Gasteiger partial charge in [-0.05, 0) is 36.3 Å². The van der Waals surface area contributed by atoms with Crippen molar-refractivity contribution in [3.8, 4) is 5.69 Å². The summed E-state index contributed by atoms with van der Waals surface area (Å²) in [5.74, 6) is 0. The van der Waals surface area contributed by atoms with Gasteiger partial charge in [0.1, 0.15) is 0 Å². The number of halogens is 1. The zero-order valence-electron chi connectivity index (χ0n) is 13.5. The summed E-state index contributed by atoms with van der Waals surface area (Å²) < 4.78 is 26.7. The van der Waals surface area contributed by atoms with Crippen LogP contribution in [-0.4, -0.2) is 4.57 Å². The summed E-state index contributed by atoms with van der Waals surface area (Å²) >= 11 is 6.11. The van der Waals surface area contributed by atoms with E-state index < -0.39 is 0 Å². The lowest BCUT2D eigenvalue weighted by Crippen LogP contribution is -1.92. The monoisotopic (exact) mass is 280 g/mol. The van der Waals surface area contributed by atoms with E-state index in [4.69, 9.17) is 15.7 Å². The highest BCUT2D eigenvalue weighted by atomic mass is 35.5. The molecule has 0 aliphatic carbocycles. The van der Waals surface area contributed by atoms with Crippen molar-refractivity contribution in [3.05, 3.63) is 77.7 Å². The summed E-state index contributed by atoms with van der Waals surface area (Å²) in [4.78, 5) is 0. The molecular formula is C18H12ClN. The highest BCUT2D eigenvalue weighted by Gasteiger charge is 2.11. The SMILES string of the molecule is [2H]c1c(Cl)c([2H])c2c3ccccc3n(-c3ccccc3)c2c1[2H]. The third kappa shape index (κ3) is 1.64. The van der Waals surface area contributed by atoms with Crippen LogP contribution in [0.2, 0.25) is 5.02 Å². The van der Waals surface area contributed by atoms with E-state index >= 15 is 0 Å². The number of benzene rings is 3. The Morgan fingerprint density at radius 1 is 0.800 bits per heavy atom. The average Bonchev–Trinajstić information content (AvgIpc) is 2.94. The molecule has 0 aliphatic rings. The lowest BCUT2D eigenvalue weighted by Gasteiger charge is -2.07. The van der Waals surface area contributed by atoms with E-state index in [1.165, 1.54) is 0 Å². The molecular weight excluding hydrogens is 266 g/mol. The van der Waals surface area contributed by atoms with Crippen molar-refractivity contribution >= 4 is 33.4 Å². The second-order valence-electron chi connectivity index (χ2n) is 4.60. The van der Waals surface area contributed by atoms with Gasteiger partial charge < -0.3 is 4.57 Å². The molecule has 0 atom stereocenters. The first-order valence-corrected chi connectivity index (χ1v) is 6.73. The van der Waals surface area contributed by atoms with Gasteiger partial charge >= 0.3 is 0 Å². The van der Waals surface area contributed by atoms with Gasteiger partial charge in [-0.25, -0.2) is 0 Å². The Balaban J connectivity index is 2.33. The van der Waals surface area contributed by atoms with E-state index in [0.717, 1.165) is 16.6 Å². The summed E-state index contributed by atoms with van der Waals surface area (Å²) in [6.07, 6.45) is 0. The number of para-hydroxylation sites is 2. The van der Waals surface area contributed by atoms with Crippen molar-refractivity contribution in [2.24, 2.45) is 0 Å². The molecule has 1 aromatic heterocycles. The molecule has 0 radical (unpaired) electrons. The fraction of sp³-hybridized carbons (Fsp3) is 0. The molecule has 0 saturated carbocycles. The minimum absolute atomic E-state index is 0.0264. The van der Waals surface area contributed by atoms with Crippen LogP contribution in [0.15, 0.2) is 72.7 Å². The quantitative estimate of drug-likeness (QED) is 0.438. The van der Waals surface area contributed by atoms with Gasteiger partial charge in [-0.1, -0.05) is 48.0 Å². The molecule has 20 heavy (non-hydrogen) atoms. The molecule has 2 heteroatoms. The maximum absolute atomic E-state index is 8.37. The zero-order valence-corrected chi connectivity index (χ0v) is 11.3. The number of hydrogen-bond donors (Lipinski definition) is 0. The smallest absolute Gasteiger partial charge is 0.0646 e. The molecule has 0 N–H and O–H groups in total. The minimum atomic E-state index is -0.107. The number of aromatic nitrogens is 1. The minimum Gasteiger partial charge on any atom is -0.309 e. The van der Waals surface area contributed by atoms with Gasteiger partial charge in [-0.2, -0.15) is 0 Å². The molecule has 4 aromatic rings. The van der Waals surface area contributed by atoms with Gasteiger partial charge in [0.2, 0.25) is 0 Å². The summed E-state index contributed by atoms with van der Waals surface area (Å²) in [5.41, 5.74) is 2.35. The van der Waals surface area contributed by atoms with Crippen LogP contribution in [0.4, 0.5) is 0 Å². The first kappa shape index (κ1) is 8.83. The zero-order chi connectivity index (χ0) is 16.1. The lowest BCUT2D eigenvalue weighted by molar-refractivity contribution is 1.18. The highest BCUT2D eigenvalue weighted by molar-refractivity contribution is 6.31. The average molecular weight is 281 g/mol. The molecule has 0 fully saturated rings. The molecule has 0 amide bonds. The summed E-state index contributed by atoms with van der Waals surface area (Å²) in [5, 5.41) is 1.51. The normalized spacial score (nSPS) is 13.3. The first-order chi connectivity index (χ1) is 11.1. The van der Waals surface area contributed by atoms with Crippen LogP contribution in [0, 0.1) is 0 Å². The molecule has 4 rings (SSSR count). The summed E-state index contributed by atoms with van der Waals surface area (Å²) in [6.45, 7) is 0. The van der Waals surface area contributed by atoms with E-state index in [1.54, 1.807) is 0 Å². The van der Waals surface area contributed by atoms with Gasteiger partial charge in [-0.3, -0.25) is 0 Å². The third-order valence-electron chi connectivity index (χ3n) is 3.41. The van der Waals surface area contributed by atoms with Crippen LogP contribution in [0.5, 0.6) is 0 Å². The van der Waals surface area contributed by atoms with E-state index in [0.29, 0.717) is 10.9 Å². The predicted octanol–water partition coefficient (Wildman–Crippen LogP) is 5.44. The lowest BCUT2D eigenvalue weighted by atomic mass is 10.2. The van der Waals surface area contributed by atoms with Crippen LogP contribution in [0.25, 0.3) is 27.5 Å². The largest absolute Gasteiger partial charge is 0.309 e. The van der Waals surface area contributed by atoms with Crippen molar-refractivity contribution < 1.29 is 4.11 Å². The predicted molar refractivity (Wildman–Crippen MR) is 85.8 cm³/mol. The molecule has 1 nitrogen and oxygen atoms in total. The second-order valence-corrected chi connectivity index (χ2v) is 4.98. The van der Waals surface area contributed by atoms with Crippen molar-refractivity contribution in [1.82, 2.24) is 4.57 Å². The Morgan fingerprint density at radius 3 is 2.40 bits per heavy atom. The Kier molecular flexibility index (Phi) is 1.94. The van der Waals surface area contributed by atoms with E-state index in [9.17, 15) is 0 Å². The summed E-state index contributed by atoms with van der Waals surface area (Å²) in [6, 6.07) is 17.4. The summed E-state index contributed by atoms with van der Waals surface area (Å²) in [7, 11) is 0. The maximum atomic E-state index is 8.37. The molecule has 0 saturated heterocycles. The fourth-order valence-corrected chi connectivity index (χ4v) is 2.73. The second kappa shape index (κ2) is 4.39. The number of hydrogen-bond acceptors (Lipinski definition) is 0. The number of fused-ring (bicyclic) bond motifs is 3. The standard InChI is InChI=1S/C18H12ClN/c19-13-10-11-18-16(12-13)15-8-4-5-9-17(15)20(18)14-6-2-1-3-7-14/h1-12H/i10D,11D,12D. The van der Waals surface area contributed by atoms with Gasteiger partial charge in [0.05, 0.1) is 15.1 Å². The number of rotatable bonds is 1. The van der Waals surface area contributed by atoms with Crippen LogP contribution >= 0.6 is 11.6 Å². The van der Waals surface area contributed by atoms with Gasteiger partial charge in [-0.15, -0.1) is 0 Å². The Labute approximate surface area is 126 Å². The van der Waals surface area contributed by atoms with Crippen LogP contribution in [0.3, 0.4) is 0 Å². The first-order valence-electron chi connectivity index (χ1n) is 7.85. The van der Waals surface area contributed by atoms with Gasteiger partial charge in [0.25, 0.3) is 0 Å². The molecule has 96 valence electrons. The van der Waals surface area contributed by atoms with E-state index in [2.05, 4.69) is 0 Å². The van der Waals surface area contributed by atoms with Crippen molar-refractivity contribution in [1.29, 1.82) is 0 Å². The maximum Gasteiger partial charge on any atom is 0.0646 e.